The van der Waals surface area contributed by atoms with Crippen LogP contribution in [0.2, 0.25) is 5.02 Å². The monoisotopic (exact) mass is 458 g/mol. The van der Waals surface area contributed by atoms with Crippen molar-refractivity contribution in [3.63, 3.8) is 0 Å². The van der Waals surface area contributed by atoms with Gasteiger partial charge in [0.05, 0.1) is 19.9 Å². The lowest BCUT2D eigenvalue weighted by Gasteiger charge is -2.31. The molecule has 0 radical (unpaired) electrons. The van der Waals surface area contributed by atoms with Crippen LogP contribution in [0.3, 0.4) is 0 Å². The van der Waals surface area contributed by atoms with Crippen molar-refractivity contribution in [3.05, 3.63) is 40.0 Å². The topological polar surface area (TPSA) is 108 Å². The van der Waals surface area contributed by atoms with E-state index in [0.29, 0.717) is 47.5 Å². The van der Waals surface area contributed by atoms with Crippen LogP contribution in [0.1, 0.15) is 59.6 Å². The van der Waals surface area contributed by atoms with Crippen LogP contribution in [-0.4, -0.2) is 42.6 Å². The van der Waals surface area contributed by atoms with Crippen molar-refractivity contribution < 1.29 is 19.1 Å². The van der Waals surface area contributed by atoms with Crippen LogP contribution >= 0.6 is 11.6 Å². The molecule has 9 heteroatoms. The van der Waals surface area contributed by atoms with E-state index in [1.165, 1.54) is 14.2 Å². The number of methoxy groups -OCH3 is 2. The van der Waals surface area contributed by atoms with Crippen molar-refractivity contribution in [2.75, 3.05) is 31.4 Å². The quantitative estimate of drug-likeness (QED) is 0.679. The number of aromatic nitrogens is 2. The molecule has 1 fully saturated rings. The molecule has 2 heterocycles. The molecule has 1 aromatic heterocycles. The van der Waals surface area contributed by atoms with Crippen LogP contribution in [0.5, 0.6) is 6.01 Å². The van der Waals surface area contributed by atoms with Crippen LogP contribution in [0.4, 0.5) is 11.5 Å². The van der Waals surface area contributed by atoms with Gasteiger partial charge in [-0.2, -0.15) is 9.97 Å². The fraction of sp³-hybridized carbons (Fsp3) is 0.478. The molecule has 2 aromatic rings. The summed E-state index contributed by atoms with van der Waals surface area (Å²) in [6.07, 6.45) is 4.93. The first-order chi connectivity index (χ1) is 15.4. The van der Waals surface area contributed by atoms with Gasteiger partial charge in [-0.1, -0.05) is 17.7 Å². The van der Waals surface area contributed by atoms with E-state index in [0.717, 1.165) is 36.9 Å². The summed E-state index contributed by atoms with van der Waals surface area (Å²) in [6.45, 7) is 0.472. The number of amides is 1. The van der Waals surface area contributed by atoms with E-state index in [9.17, 15) is 9.59 Å². The number of nitrogens with zero attached hydrogens (tertiary/aromatic N) is 3. The van der Waals surface area contributed by atoms with Crippen LogP contribution in [0.15, 0.2) is 18.2 Å². The first-order valence-electron chi connectivity index (χ1n) is 10.8. The highest BCUT2D eigenvalue weighted by molar-refractivity contribution is 6.31. The molecule has 0 spiro atoms. The van der Waals surface area contributed by atoms with Crippen LogP contribution in [-0.2, 0) is 16.0 Å². The predicted molar refractivity (Wildman–Crippen MR) is 121 cm³/mol. The average molecular weight is 459 g/mol. The number of hydrogen-bond acceptors (Lipinski definition) is 7. The Hall–Kier alpha value is -2.87. The Morgan fingerprint density at radius 3 is 2.62 bits per heavy atom. The molecule has 1 aliphatic heterocycles. The van der Waals surface area contributed by atoms with Crippen molar-refractivity contribution in [3.8, 4) is 6.01 Å². The number of benzene rings is 1. The number of fused-ring (bicyclic) bond motifs is 1. The molecule has 170 valence electrons. The number of halogens is 1. The second kappa shape index (κ2) is 9.32. The molecule has 1 saturated carbocycles. The zero-order chi connectivity index (χ0) is 22.8. The summed E-state index contributed by atoms with van der Waals surface area (Å²) in [5, 5.41) is 0.650. The van der Waals surface area contributed by atoms with Crippen LogP contribution in [0, 0.1) is 5.92 Å². The van der Waals surface area contributed by atoms with Gasteiger partial charge in [-0.3, -0.25) is 9.59 Å². The van der Waals surface area contributed by atoms with Crippen LogP contribution < -0.4 is 15.4 Å². The van der Waals surface area contributed by atoms with Gasteiger partial charge in [-0.25, -0.2) is 0 Å². The van der Waals surface area contributed by atoms with Gasteiger partial charge < -0.3 is 20.1 Å². The van der Waals surface area contributed by atoms with Gasteiger partial charge in [0.25, 0.3) is 5.91 Å². The maximum absolute atomic E-state index is 13.1. The Bertz CT molecular complexity index is 1040. The predicted octanol–water partition coefficient (Wildman–Crippen LogP) is 3.76. The molecule has 1 aliphatic carbocycles. The summed E-state index contributed by atoms with van der Waals surface area (Å²) in [6, 6.07) is 5.96. The first kappa shape index (κ1) is 22.3. The number of nitrogens with two attached hydrogens (primary N) is 1. The Kier molecular flexibility index (Phi) is 6.50. The largest absolute Gasteiger partial charge is 0.469 e. The summed E-state index contributed by atoms with van der Waals surface area (Å²) in [7, 11) is 2.90. The second-order valence-corrected chi connectivity index (χ2v) is 8.73. The maximum Gasteiger partial charge on any atom is 0.318 e. The summed E-state index contributed by atoms with van der Waals surface area (Å²) in [4.78, 5) is 34.7. The highest BCUT2D eigenvalue weighted by atomic mass is 35.5. The smallest absolute Gasteiger partial charge is 0.318 e. The standard InChI is InChI=1S/C23H27ClN4O4/c1-31-19(29)11-13-3-5-14(6-4-13)16-8-7-15(12-17(16)24)28-10-9-18-20(22(28)30)21(25)27-23(26-18)32-2/h7-8,12-14H,3-6,9-11H2,1-2H3,(H2,25,26,27). The highest BCUT2D eigenvalue weighted by Gasteiger charge is 2.31. The van der Waals surface area contributed by atoms with Gasteiger partial charge in [0.1, 0.15) is 11.4 Å². The zero-order valence-corrected chi connectivity index (χ0v) is 19.0. The lowest BCUT2D eigenvalue weighted by molar-refractivity contribution is -0.142. The average Bonchev–Trinajstić information content (AvgIpc) is 2.79. The van der Waals surface area contributed by atoms with Gasteiger partial charge in [-0.15, -0.1) is 0 Å². The summed E-state index contributed by atoms with van der Waals surface area (Å²) in [5.74, 6) is 0.452. The Balaban J connectivity index is 1.48. The van der Waals surface area contributed by atoms with Crippen molar-refractivity contribution in [2.24, 2.45) is 5.92 Å². The minimum Gasteiger partial charge on any atom is -0.469 e. The van der Waals surface area contributed by atoms with E-state index in [2.05, 4.69) is 9.97 Å². The molecule has 2 N–H and O–H groups in total. The van der Waals surface area contributed by atoms with Gasteiger partial charge in [0.15, 0.2) is 0 Å². The zero-order valence-electron chi connectivity index (χ0n) is 18.3. The van der Waals surface area contributed by atoms with Crippen molar-refractivity contribution in [2.45, 2.75) is 44.4 Å². The molecule has 8 nitrogen and oxygen atoms in total. The number of anilines is 2. The first-order valence-corrected chi connectivity index (χ1v) is 11.2. The van der Waals surface area contributed by atoms with Gasteiger partial charge >= 0.3 is 12.0 Å². The van der Waals surface area contributed by atoms with Gasteiger partial charge in [0.2, 0.25) is 0 Å². The van der Waals surface area contributed by atoms with E-state index in [-0.39, 0.29) is 23.7 Å². The number of carbonyl (C=O) groups is 2. The molecule has 2 aliphatic rings. The Labute approximate surface area is 192 Å². The number of rotatable bonds is 5. The molecule has 4 rings (SSSR count). The third-order valence-corrected chi connectivity index (χ3v) is 6.80. The van der Waals surface area contributed by atoms with E-state index >= 15 is 0 Å². The SMILES string of the molecule is COC(=O)CC1CCC(c2ccc(N3CCc4nc(OC)nc(N)c4C3=O)cc2Cl)CC1. The fourth-order valence-corrected chi connectivity index (χ4v) is 5.05. The molecule has 1 amide bonds. The summed E-state index contributed by atoms with van der Waals surface area (Å²) < 4.78 is 9.85. The molecular formula is C23H27ClN4O4. The molecule has 1 aromatic carbocycles. The molecule has 32 heavy (non-hydrogen) atoms. The van der Waals surface area contributed by atoms with Gasteiger partial charge in [0, 0.05) is 30.1 Å². The Morgan fingerprint density at radius 2 is 1.97 bits per heavy atom. The van der Waals surface area contributed by atoms with Crippen LogP contribution in [0.25, 0.3) is 0 Å². The molecule has 0 saturated heterocycles. The molecule has 0 bridgehead atoms. The fourth-order valence-electron chi connectivity index (χ4n) is 4.72. The van der Waals surface area contributed by atoms with E-state index in [1.807, 2.05) is 18.2 Å². The summed E-state index contributed by atoms with van der Waals surface area (Å²) >= 11 is 6.67. The number of ether oxygens (including phenoxy) is 2. The number of nitrogen functional groups attached to an aromatic ring is 1. The second-order valence-electron chi connectivity index (χ2n) is 8.33. The maximum atomic E-state index is 13.1. The number of carbonyl (C=O) groups excluding carboxylic acids is 2. The van der Waals surface area contributed by atoms with Crippen molar-refractivity contribution >= 4 is 35.0 Å². The minimum atomic E-state index is -0.237. The third kappa shape index (κ3) is 4.37. The summed E-state index contributed by atoms with van der Waals surface area (Å²) in [5.41, 5.74) is 8.75. The molecule has 0 atom stereocenters. The normalized spacial score (nSPS) is 20.6. The lowest BCUT2D eigenvalue weighted by atomic mass is 9.77. The number of hydrogen-bond donors (Lipinski definition) is 1. The third-order valence-electron chi connectivity index (χ3n) is 6.47. The van der Waals surface area contributed by atoms with Crippen molar-refractivity contribution in [1.82, 2.24) is 9.97 Å². The molecule has 0 unspecified atom stereocenters. The lowest BCUT2D eigenvalue weighted by Crippen LogP contribution is -2.39. The van der Waals surface area contributed by atoms with E-state index in [1.54, 1.807) is 4.90 Å². The van der Waals surface area contributed by atoms with E-state index < -0.39 is 0 Å². The number of esters is 1. The van der Waals surface area contributed by atoms with E-state index in [4.69, 9.17) is 26.8 Å². The van der Waals surface area contributed by atoms with Gasteiger partial charge in [-0.05, 0) is 55.2 Å². The highest BCUT2D eigenvalue weighted by Crippen LogP contribution is 2.41. The Morgan fingerprint density at radius 1 is 1.22 bits per heavy atom. The van der Waals surface area contributed by atoms with Crippen molar-refractivity contribution in [1.29, 1.82) is 0 Å². The molecular weight excluding hydrogens is 432 g/mol. The minimum absolute atomic E-state index is 0.119.